The maximum atomic E-state index is 12.1. The minimum Gasteiger partial charge on any atom is -0.462 e. The second-order valence-corrected chi connectivity index (χ2v) is 10.0. The molecular formula is C26H34N2O13. The van der Waals surface area contributed by atoms with E-state index in [0.29, 0.717) is 10.9 Å². The first-order chi connectivity index (χ1) is 19.4. The van der Waals surface area contributed by atoms with Crippen molar-refractivity contribution >= 4 is 22.8 Å². The van der Waals surface area contributed by atoms with Crippen LogP contribution < -0.4 is 21.0 Å². The smallest absolute Gasteiger partial charge is 0.336 e. The second kappa shape index (κ2) is 12.8. The number of carbonyl (C=O) groups excluding carboxylic acids is 2. The number of fused-ring (bicyclic) bond motifs is 1. The van der Waals surface area contributed by atoms with Gasteiger partial charge in [-0.2, -0.15) is 0 Å². The highest BCUT2D eigenvalue weighted by atomic mass is 16.7. The van der Waals surface area contributed by atoms with E-state index in [2.05, 4.69) is 10.6 Å². The van der Waals surface area contributed by atoms with Crippen LogP contribution in [0.5, 0.6) is 5.75 Å². The Morgan fingerprint density at radius 1 is 0.878 bits per heavy atom. The monoisotopic (exact) mass is 582 g/mol. The number of carbonyl (C=O) groups is 2. The number of ether oxygens (including phenoxy) is 4. The fourth-order valence-corrected chi connectivity index (χ4v) is 4.98. The van der Waals surface area contributed by atoms with Gasteiger partial charge in [-0.3, -0.25) is 9.59 Å². The van der Waals surface area contributed by atoms with E-state index in [1.165, 1.54) is 19.1 Å². The summed E-state index contributed by atoms with van der Waals surface area (Å²) in [4.78, 5) is 35.7. The van der Waals surface area contributed by atoms with Gasteiger partial charge >= 0.3 is 5.63 Å². The highest BCUT2D eigenvalue weighted by Crippen LogP contribution is 2.31. The van der Waals surface area contributed by atoms with Gasteiger partial charge in [-0.1, -0.05) is 0 Å². The van der Waals surface area contributed by atoms with Gasteiger partial charge < -0.3 is 59.5 Å². The van der Waals surface area contributed by atoms with Crippen LogP contribution in [-0.2, 0) is 23.8 Å². The average Bonchev–Trinajstić information content (AvgIpc) is 2.90. The first-order valence-electron chi connectivity index (χ1n) is 12.9. The Labute approximate surface area is 233 Å². The third-order valence-corrected chi connectivity index (χ3v) is 6.94. The van der Waals surface area contributed by atoms with Crippen molar-refractivity contribution in [3.63, 3.8) is 0 Å². The molecule has 2 aromatic rings. The summed E-state index contributed by atoms with van der Waals surface area (Å²) in [6, 6.07) is 3.41. The lowest BCUT2D eigenvalue weighted by Crippen LogP contribution is -2.69. The lowest BCUT2D eigenvalue weighted by atomic mass is 9.94. The summed E-state index contributed by atoms with van der Waals surface area (Å²) in [7, 11) is 0. The first-order valence-corrected chi connectivity index (χ1v) is 12.9. The fourth-order valence-electron chi connectivity index (χ4n) is 4.98. The van der Waals surface area contributed by atoms with Crippen molar-refractivity contribution in [3.8, 4) is 5.75 Å². The number of aliphatic hydroxyl groups is 5. The summed E-state index contributed by atoms with van der Waals surface area (Å²) < 4.78 is 28.5. The average molecular weight is 583 g/mol. The van der Waals surface area contributed by atoms with Crippen LogP contribution >= 0.6 is 0 Å². The Kier molecular flexibility index (Phi) is 9.61. The predicted molar refractivity (Wildman–Crippen MR) is 137 cm³/mol. The number of rotatable bonds is 8. The minimum absolute atomic E-state index is 0.166. The van der Waals surface area contributed by atoms with Crippen LogP contribution in [0.15, 0.2) is 33.5 Å². The van der Waals surface area contributed by atoms with Crippen molar-refractivity contribution < 1.29 is 58.5 Å². The molecule has 0 radical (unpaired) electrons. The van der Waals surface area contributed by atoms with Crippen molar-refractivity contribution in [2.75, 3.05) is 13.2 Å². The van der Waals surface area contributed by atoms with Crippen molar-refractivity contribution in [1.82, 2.24) is 10.6 Å². The lowest BCUT2D eigenvalue weighted by molar-refractivity contribution is -0.325. The molecule has 0 aliphatic carbocycles. The van der Waals surface area contributed by atoms with E-state index < -0.39 is 91.9 Å². The molecule has 7 N–H and O–H groups in total. The third kappa shape index (κ3) is 6.68. The van der Waals surface area contributed by atoms with E-state index in [1.54, 1.807) is 19.1 Å². The summed E-state index contributed by atoms with van der Waals surface area (Å²) in [5, 5.41) is 57.5. The molecule has 226 valence electrons. The molecular weight excluding hydrogens is 548 g/mol. The highest BCUT2D eigenvalue weighted by molar-refractivity contribution is 5.81. The number of aliphatic hydroxyl groups excluding tert-OH is 5. The van der Waals surface area contributed by atoms with Crippen LogP contribution in [0.2, 0.25) is 0 Å². The molecule has 41 heavy (non-hydrogen) atoms. The SMILES string of the molecule is CC(=O)N[C@H]1[C@H](Oc2ccc3c(C)cc(=O)oc3c2)O[C@H](CO)[C@@H](O[C@@H]2O[C@H](CO)[C@@H](O)[C@H](O)[C@H]2NC(C)=O)[C@@H]1O. The Balaban J connectivity index is 1.61. The normalized spacial score (nSPS) is 33.8. The molecule has 4 rings (SSSR count). The Morgan fingerprint density at radius 2 is 1.49 bits per heavy atom. The van der Waals surface area contributed by atoms with Crippen LogP contribution in [0.1, 0.15) is 19.4 Å². The number of benzene rings is 1. The van der Waals surface area contributed by atoms with E-state index >= 15 is 0 Å². The van der Waals surface area contributed by atoms with E-state index in [9.17, 15) is 39.9 Å². The predicted octanol–water partition coefficient (Wildman–Crippen LogP) is -2.61. The molecule has 3 heterocycles. The van der Waals surface area contributed by atoms with Gasteiger partial charge in [0.15, 0.2) is 6.29 Å². The summed E-state index contributed by atoms with van der Waals surface area (Å²) in [5.41, 5.74) is 0.362. The molecule has 2 saturated heterocycles. The molecule has 2 fully saturated rings. The van der Waals surface area contributed by atoms with E-state index in [4.69, 9.17) is 23.4 Å². The number of amides is 2. The first kappa shape index (κ1) is 30.8. The lowest BCUT2D eigenvalue weighted by Gasteiger charge is -2.48. The van der Waals surface area contributed by atoms with Crippen LogP contribution in [0.4, 0.5) is 0 Å². The zero-order valence-electron chi connectivity index (χ0n) is 22.5. The van der Waals surface area contributed by atoms with Gasteiger partial charge in [0.2, 0.25) is 18.1 Å². The van der Waals surface area contributed by atoms with Gasteiger partial charge in [-0.05, 0) is 24.6 Å². The Bertz CT molecular complexity index is 1300. The van der Waals surface area contributed by atoms with Crippen LogP contribution in [0.3, 0.4) is 0 Å². The molecule has 2 aliphatic heterocycles. The quantitative estimate of drug-likeness (QED) is 0.159. The van der Waals surface area contributed by atoms with E-state index in [1.807, 2.05) is 0 Å². The van der Waals surface area contributed by atoms with Crippen molar-refractivity contribution in [2.45, 2.75) is 82.1 Å². The third-order valence-electron chi connectivity index (χ3n) is 6.94. The van der Waals surface area contributed by atoms with Crippen LogP contribution in [-0.4, -0.2) is 112 Å². The van der Waals surface area contributed by atoms with Crippen molar-refractivity contribution in [3.05, 3.63) is 40.2 Å². The zero-order valence-corrected chi connectivity index (χ0v) is 22.5. The van der Waals surface area contributed by atoms with Gasteiger partial charge in [0, 0.05) is 31.4 Å². The standard InChI is InChI=1S/C26H34N2O13/c1-10-6-18(33)38-15-7-13(4-5-14(10)15)37-25-20(28-12(3)32)23(36)24(17(9-30)40-25)41-26-19(27-11(2)31)22(35)21(34)16(8-29)39-26/h4-7,16-17,19-26,29-30,34-36H,8-9H2,1-3H3,(H,27,31)(H,28,32)/t16-,17-,19-,20-,21-,22-,23-,24-,25-,26+/m1/s1. The fraction of sp³-hybridized carbons (Fsp3) is 0.577. The van der Waals surface area contributed by atoms with Crippen LogP contribution in [0.25, 0.3) is 11.0 Å². The van der Waals surface area contributed by atoms with Gasteiger partial charge in [0.25, 0.3) is 0 Å². The Morgan fingerprint density at radius 3 is 2.10 bits per heavy atom. The van der Waals surface area contributed by atoms with E-state index in [-0.39, 0.29) is 11.3 Å². The van der Waals surface area contributed by atoms with Gasteiger partial charge in [0.1, 0.15) is 60.0 Å². The molecule has 10 atom stereocenters. The minimum atomic E-state index is -1.62. The van der Waals surface area contributed by atoms with Crippen molar-refractivity contribution in [1.29, 1.82) is 0 Å². The number of hydrogen-bond donors (Lipinski definition) is 7. The molecule has 1 aromatic carbocycles. The molecule has 1 aromatic heterocycles. The summed E-state index contributed by atoms with van der Waals surface area (Å²) in [5.74, 6) is -0.985. The molecule has 0 unspecified atom stereocenters. The molecule has 15 heteroatoms. The summed E-state index contributed by atoms with van der Waals surface area (Å²) in [6.07, 6.45) is -11.7. The molecule has 0 spiro atoms. The van der Waals surface area contributed by atoms with Crippen LogP contribution in [0, 0.1) is 6.92 Å². The number of aryl methyl sites for hydroxylation is 1. The molecule has 0 saturated carbocycles. The van der Waals surface area contributed by atoms with Crippen molar-refractivity contribution in [2.24, 2.45) is 0 Å². The van der Waals surface area contributed by atoms with Gasteiger partial charge in [0.05, 0.1) is 13.2 Å². The van der Waals surface area contributed by atoms with E-state index in [0.717, 1.165) is 6.92 Å². The highest BCUT2D eigenvalue weighted by Gasteiger charge is 2.52. The maximum Gasteiger partial charge on any atom is 0.336 e. The second-order valence-electron chi connectivity index (χ2n) is 10.0. The summed E-state index contributed by atoms with van der Waals surface area (Å²) >= 11 is 0. The molecule has 15 nitrogen and oxygen atoms in total. The molecule has 2 amide bonds. The molecule has 0 bridgehead atoms. The number of nitrogens with one attached hydrogen (secondary N) is 2. The number of hydrogen-bond acceptors (Lipinski definition) is 13. The molecule has 2 aliphatic rings. The summed E-state index contributed by atoms with van der Waals surface area (Å²) in [6.45, 7) is 2.71. The largest absolute Gasteiger partial charge is 0.462 e. The van der Waals surface area contributed by atoms with Gasteiger partial charge in [-0.25, -0.2) is 4.79 Å². The van der Waals surface area contributed by atoms with Gasteiger partial charge in [-0.15, -0.1) is 0 Å². The maximum absolute atomic E-state index is 12.1. The zero-order chi connectivity index (χ0) is 30.0. The topological polar surface area (TPSA) is 226 Å². The Hall–Kier alpha value is -3.15.